The Morgan fingerprint density at radius 1 is 0.679 bits per heavy atom. The van der Waals surface area contributed by atoms with Crippen molar-refractivity contribution < 1.29 is 0 Å². The first-order chi connectivity index (χ1) is 13.9. The van der Waals surface area contributed by atoms with Crippen molar-refractivity contribution in [2.24, 2.45) is 0 Å². The molecule has 5 rings (SSSR count). The molecule has 0 bridgehead atoms. The summed E-state index contributed by atoms with van der Waals surface area (Å²) in [5.74, 6) is 0.612. The number of imidazole rings is 1. The monoisotopic (exact) mass is 364 g/mol. The minimum Gasteiger partial charge on any atom is -0.319 e. The molecule has 0 aliphatic heterocycles. The molecule has 138 valence electrons. The number of rotatable bonds is 5. The summed E-state index contributed by atoms with van der Waals surface area (Å²) in [4.78, 5) is 4.84. The Bertz CT molecular complexity index is 935. The maximum Gasteiger partial charge on any atom is 0.121 e. The van der Waals surface area contributed by atoms with Gasteiger partial charge >= 0.3 is 0 Å². The zero-order valence-corrected chi connectivity index (χ0v) is 15.9. The molecule has 0 amide bonds. The third-order valence-electron chi connectivity index (χ3n) is 6.09. The molecule has 0 atom stereocenters. The van der Waals surface area contributed by atoms with E-state index < -0.39 is 5.54 Å². The normalized spacial score (nSPS) is 14.6. The first kappa shape index (κ1) is 17.0. The maximum atomic E-state index is 4.84. The summed E-state index contributed by atoms with van der Waals surface area (Å²) in [6, 6.07) is 32.3. The van der Waals surface area contributed by atoms with Crippen molar-refractivity contribution in [2.75, 3.05) is 0 Å². The summed E-state index contributed by atoms with van der Waals surface area (Å²) < 4.78 is 2.32. The highest BCUT2D eigenvalue weighted by atomic mass is 15.1. The highest BCUT2D eigenvalue weighted by Gasteiger charge is 2.38. The van der Waals surface area contributed by atoms with E-state index in [-0.39, 0.29) is 0 Å². The molecule has 2 nitrogen and oxygen atoms in total. The van der Waals surface area contributed by atoms with Crippen LogP contribution in [0.5, 0.6) is 0 Å². The van der Waals surface area contributed by atoms with Crippen LogP contribution in [0.1, 0.15) is 47.6 Å². The van der Waals surface area contributed by atoms with Crippen molar-refractivity contribution in [1.29, 1.82) is 0 Å². The summed E-state index contributed by atoms with van der Waals surface area (Å²) in [6.07, 6.45) is 8.13. The molecule has 0 saturated heterocycles. The van der Waals surface area contributed by atoms with Crippen LogP contribution in [-0.2, 0) is 5.54 Å². The van der Waals surface area contributed by atoms with Gasteiger partial charge in [0, 0.05) is 12.1 Å². The molecule has 1 fully saturated rings. The van der Waals surface area contributed by atoms with Crippen LogP contribution in [0.2, 0.25) is 0 Å². The van der Waals surface area contributed by atoms with Gasteiger partial charge in [-0.05, 0) is 29.5 Å². The van der Waals surface area contributed by atoms with E-state index >= 15 is 0 Å². The molecule has 3 aromatic carbocycles. The van der Waals surface area contributed by atoms with Crippen molar-refractivity contribution in [3.05, 3.63) is 126 Å². The van der Waals surface area contributed by atoms with E-state index in [1.165, 1.54) is 41.6 Å². The predicted molar refractivity (Wildman–Crippen MR) is 113 cm³/mol. The molecule has 0 radical (unpaired) electrons. The van der Waals surface area contributed by atoms with Crippen LogP contribution in [0.4, 0.5) is 0 Å². The van der Waals surface area contributed by atoms with Gasteiger partial charge in [0.1, 0.15) is 5.54 Å². The largest absolute Gasteiger partial charge is 0.319 e. The summed E-state index contributed by atoms with van der Waals surface area (Å²) >= 11 is 0. The molecule has 2 heteroatoms. The molecule has 0 N–H and O–H groups in total. The van der Waals surface area contributed by atoms with Crippen LogP contribution < -0.4 is 0 Å². The van der Waals surface area contributed by atoms with Crippen molar-refractivity contribution >= 4 is 0 Å². The average molecular weight is 364 g/mol. The lowest BCUT2D eigenvalue weighted by atomic mass is 9.76. The molecular formula is C26H24N2. The van der Waals surface area contributed by atoms with Gasteiger partial charge in [-0.3, -0.25) is 0 Å². The Balaban J connectivity index is 1.81. The minimum absolute atomic E-state index is 0.446. The van der Waals surface area contributed by atoms with E-state index in [1.807, 2.05) is 6.33 Å². The van der Waals surface area contributed by atoms with Gasteiger partial charge in [-0.15, -0.1) is 0 Å². The zero-order chi connectivity index (χ0) is 18.8. The smallest absolute Gasteiger partial charge is 0.121 e. The van der Waals surface area contributed by atoms with Gasteiger partial charge in [0.15, 0.2) is 0 Å². The SMILES string of the molecule is c1ccc(C(c2ccccc2)(c2ccccc2)n2cnc(C3CCC3)c2)cc1. The van der Waals surface area contributed by atoms with Gasteiger partial charge in [0.2, 0.25) is 0 Å². The quantitative estimate of drug-likeness (QED) is 0.398. The lowest BCUT2D eigenvalue weighted by Crippen LogP contribution is -2.37. The van der Waals surface area contributed by atoms with Crippen molar-refractivity contribution in [1.82, 2.24) is 9.55 Å². The lowest BCUT2D eigenvalue weighted by Gasteiger charge is -2.37. The number of hydrogen-bond donors (Lipinski definition) is 0. The van der Waals surface area contributed by atoms with Crippen LogP contribution in [0.3, 0.4) is 0 Å². The Labute approximate surface area is 166 Å². The second-order valence-electron chi connectivity index (χ2n) is 7.64. The molecule has 1 aliphatic rings. The van der Waals surface area contributed by atoms with Crippen LogP contribution in [0, 0.1) is 0 Å². The van der Waals surface area contributed by atoms with E-state index in [2.05, 4.69) is 102 Å². The Morgan fingerprint density at radius 3 is 1.54 bits per heavy atom. The average Bonchev–Trinajstić information content (AvgIpc) is 3.19. The van der Waals surface area contributed by atoms with Crippen molar-refractivity contribution in [3.8, 4) is 0 Å². The van der Waals surface area contributed by atoms with Gasteiger partial charge < -0.3 is 4.57 Å². The van der Waals surface area contributed by atoms with Crippen LogP contribution in [0.15, 0.2) is 104 Å². The number of hydrogen-bond acceptors (Lipinski definition) is 1. The highest BCUT2D eigenvalue weighted by Crippen LogP contribution is 2.42. The second kappa shape index (κ2) is 7.12. The second-order valence-corrected chi connectivity index (χ2v) is 7.64. The molecule has 1 aromatic heterocycles. The van der Waals surface area contributed by atoms with Crippen LogP contribution in [-0.4, -0.2) is 9.55 Å². The molecule has 4 aromatic rings. The fraction of sp³-hybridized carbons (Fsp3) is 0.192. The van der Waals surface area contributed by atoms with E-state index in [9.17, 15) is 0 Å². The summed E-state index contributed by atoms with van der Waals surface area (Å²) in [7, 11) is 0. The Morgan fingerprint density at radius 2 is 1.14 bits per heavy atom. The molecule has 1 aliphatic carbocycles. The standard InChI is InChI=1S/C26H24N2/c1-4-13-22(14-5-1)26(23-15-6-2-7-16-23,24-17-8-3-9-18-24)28-19-25(27-20-28)21-11-10-12-21/h1-9,13-21H,10-12H2. The molecule has 1 heterocycles. The van der Waals surface area contributed by atoms with Gasteiger partial charge in [0.05, 0.1) is 12.0 Å². The fourth-order valence-electron chi connectivity index (χ4n) is 4.42. The fourth-order valence-corrected chi connectivity index (χ4v) is 4.42. The zero-order valence-electron chi connectivity index (χ0n) is 15.9. The maximum absolute atomic E-state index is 4.84. The molecular weight excluding hydrogens is 340 g/mol. The minimum atomic E-state index is -0.446. The Kier molecular flexibility index (Phi) is 4.32. The summed E-state index contributed by atoms with van der Waals surface area (Å²) in [5, 5.41) is 0. The molecule has 0 spiro atoms. The van der Waals surface area contributed by atoms with E-state index in [1.54, 1.807) is 0 Å². The van der Waals surface area contributed by atoms with E-state index in [0.29, 0.717) is 5.92 Å². The van der Waals surface area contributed by atoms with Crippen LogP contribution >= 0.6 is 0 Å². The third-order valence-corrected chi connectivity index (χ3v) is 6.09. The summed E-state index contributed by atoms with van der Waals surface area (Å²) in [6.45, 7) is 0. The van der Waals surface area contributed by atoms with Gasteiger partial charge in [0.25, 0.3) is 0 Å². The lowest BCUT2D eigenvalue weighted by molar-refractivity contribution is 0.411. The Hall–Kier alpha value is -3.13. The van der Waals surface area contributed by atoms with Gasteiger partial charge in [-0.2, -0.15) is 0 Å². The van der Waals surface area contributed by atoms with Crippen molar-refractivity contribution in [3.63, 3.8) is 0 Å². The summed E-state index contributed by atoms with van der Waals surface area (Å²) in [5.41, 5.74) is 4.50. The first-order valence-electron chi connectivity index (χ1n) is 10.1. The highest BCUT2D eigenvalue weighted by molar-refractivity contribution is 5.50. The van der Waals surface area contributed by atoms with Gasteiger partial charge in [-0.25, -0.2) is 4.98 Å². The predicted octanol–water partition coefficient (Wildman–Crippen LogP) is 5.99. The number of benzene rings is 3. The van der Waals surface area contributed by atoms with E-state index in [0.717, 1.165) is 0 Å². The van der Waals surface area contributed by atoms with Gasteiger partial charge in [-0.1, -0.05) is 97.4 Å². The molecule has 28 heavy (non-hydrogen) atoms. The molecule has 1 saturated carbocycles. The number of nitrogens with zero attached hydrogens (tertiary/aromatic N) is 2. The third kappa shape index (κ3) is 2.68. The van der Waals surface area contributed by atoms with Crippen LogP contribution in [0.25, 0.3) is 0 Å². The number of aromatic nitrogens is 2. The molecule has 0 unspecified atom stereocenters. The van der Waals surface area contributed by atoms with Crippen molar-refractivity contribution in [2.45, 2.75) is 30.7 Å². The van der Waals surface area contributed by atoms with E-state index in [4.69, 9.17) is 4.98 Å². The first-order valence-corrected chi connectivity index (χ1v) is 10.1. The topological polar surface area (TPSA) is 17.8 Å².